The van der Waals surface area contributed by atoms with E-state index in [1.165, 1.54) is 11.3 Å². The smallest absolute Gasteiger partial charge is 0.487 e. The zero-order valence-corrected chi connectivity index (χ0v) is 15.9. The summed E-state index contributed by atoms with van der Waals surface area (Å²) in [6, 6.07) is 16.6. The van der Waals surface area contributed by atoms with Crippen molar-refractivity contribution in [2.24, 2.45) is 0 Å². The van der Waals surface area contributed by atoms with Crippen molar-refractivity contribution in [2.45, 2.75) is 32.0 Å². The van der Waals surface area contributed by atoms with Gasteiger partial charge in [-0.1, -0.05) is 30.3 Å². The topological polar surface area (TPSA) is 62.2 Å². The number of anilines is 2. The first-order valence-corrected chi connectivity index (χ1v) is 9.90. The molecule has 0 spiro atoms. The lowest BCUT2D eigenvalue weighted by Gasteiger charge is -2.32. The summed E-state index contributed by atoms with van der Waals surface area (Å²) in [4.78, 5) is 15.5. The molecule has 0 bridgehead atoms. The van der Waals surface area contributed by atoms with Crippen LogP contribution in [0.15, 0.2) is 48.5 Å². The van der Waals surface area contributed by atoms with E-state index in [0.717, 1.165) is 50.3 Å². The quantitative estimate of drug-likeness (QED) is 0.780. The van der Waals surface area contributed by atoms with Crippen LogP contribution in [0, 0.1) is 0 Å². The van der Waals surface area contributed by atoms with Crippen molar-refractivity contribution < 1.29 is 19.4 Å². The van der Waals surface area contributed by atoms with Crippen LogP contribution < -0.4 is 9.64 Å². The second kappa shape index (κ2) is 8.52. The number of benzene rings is 2. The Morgan fingerprint density at radius 3 is 2.75 bits per heavy atom. The van der Waals surface area contributed by atoms with E-state index < -0.39 is 6.16 Å². The summed E-state index contributed by atoms with van der Waals surface area (Å²) < 4.78 is 11.0. The van der Waals surface area contributed by atoms with Crippen molar-refractivity contribution in [1.29, 1.82) is 0 Å². The second-order valence-electron chi connectivity index (χ2n) is 7.34. The minimum absolute atomic E-state index is 0.209. The highest BCUT2D eigenvalue weighted by molar-refractivity contribution is 5.72. The highest BCUT2D eigenvalue weighted by atomic mass is 16.7. The molecule has 0 aliphatic carbocycles. The first kappa shape index (κ1) is 18.6. The van der Waals surface area contributed by atoms with Crippen LogP contribution in [0.5, 0.6) is 5.75 Å². The molecule has 0 aromatic heterocycles. The van der Waals surface area contributed by atoms with Crippen molar-refractivity contribution in [2.75, 3.05) is 31.1 Å². The normalized spacial score (nSPS) is 19.1. The van der Waals surface area contributed by atoms with E-state index in [0.29, 0.717) is 13.2 Å². The Hall–Kier alpha value is -2.73. The van der Waals surface area contributed by atoms with Crippen molar-refractivity contribution in [3.05, 3.63) is 54.1 Å². The maximum absolute atomic E-state index is 10.8. The molecule has 2 aliphatic heterocycles. The van der Waals surface area contributed by atoms with Gasteiger partial charge >= 0.3 is 6.16 Å². The Morgan fingerprint density at radius 1 is 1.11 bits per heavy atom. The Kier molecular flexibility index (Phi) is 5.67. The molecule has 0 saturated carbocycles. The van der Waals surface area contributed by atoms with Crippen LogP contribution in [0.25, 0.3) is 0 Å². The predicted molar refractivity (Wildman–Crippen MR) is 107 cm³/mol. The summed E-state index contributed by atoms with van der Waals surface area (Å²) in [5, 5.41) is 8.85. The molecule has 28 heavy (non-hydrogen) atoms. The predicted octanol–water partition coefficient (Wildman–Crippen LogP) is 4.27. The van der Waals surface area contributed by atoms with Crippen LogP contribution in [0.2, 0.25) is 0 Å². The van der Waals surface area contributed by atoms with Gasteiger partial charge in [0.1, 0.15) is 18.5 Å². The van der Waals surface area contributed by atoms with Crippen molar-refractivity contribution in [1.82, 2.24) is 4.90 Å². The Balaban J connectivity index is 1.44. The summed E-state index contributed by atoms with van der Waals surface area (Å²) in [7, 11) is 0. The van der Waals surface area contributed by atoms with Crippen LogP contribution in [-0.4, -0.2) is 48.4 Å². The number of likely N-dealkylation sites (tertiary alicyclic amines) is 1. The fourth-order valence-electron chi connectivity index (χ4n) is 4.13. The average Bonchev–Trinajstić information content (AvgIpc) is 2.85. The number of hydrogen-bond donors (Lipinski definition) is 1. The number of ether oxygens (including phenoxy) is 2. The Labute approximate surface area is 165 Å². The summed E-state index contributed by atoms with van der Waals surface area (Å²) >= 11 is 0. The molecule has 2 aromatic rings. The molecule has 2 aliphatic rings. The molecule has 0 amide bonds. The maximum atomic E-state index is 10.8. The van der Waals surface area contributed by atoms with Crippen LogP contribution in [0.4, 0.5) is 16.2 Å². The number of rotatable bonds is 5. The molecule has 0 radical (unpaired) electrons. The summed E-state index contributed by atoms with van der Waals surface area (Å²) in [5.74, 6) is 0.909. The molecule has 2 heterocycles. The van der Waals surface area contributed by atoms with Gasteiger partial charge in [-0.2, -0.15) is 0 Å². The largest absolute Gasteiger partial charge is 0.506 e. The van der Waals surface area contributed by atoms with Gasteiger partial charge in [-0.05, 0) is 50.6 Å². The van der Waals surface area contributed by atoms with E-state index in [1.54, 1.807) is 0 Å². The first-order chi connectivity index (χ1) is 13.7. The number of carbonyl (C=O) groups is 1. The van der Waals surface area contributed by atoms with Crippen molar-refractivity contribution in [3.63, 3.8) is 0 Å². The SMILES string of the molecule is O=C(O)O[C@@H]1CCCN(CCCN2c3ccccc3COc3ccccc32)C1. The molecule has 1 fully saturated rings. The lowest BCUT2D eigenvalue weighted by atomic mass is 10.1. The van der Waals surface area contributed by atoms with E-state index in [9.17, 15) is 4.79 Å². The minimum Gasteiger partial charge on any atom is -0.487 e. The second-order valence-corrected chi connectivity index (χ2v) is 7.34. The monoisotopic (exact) mass is 382 g/mol. The molecule has 6 heteroatoms. The zero-order valence-electron chi connectivity index (χ0n) is 15.9. The number of para-hydroxylation sites is 3. The van der Waals surface area contributed by atoms with E-state index in [-0.39, 0.29) is 6.10 Å². The van der Waals surface area contributed by atoms with E-state index in [4.69, 9.17) is 14.6 Å². The summed E-state index contributed by atoms with van der Waals surface area (Å²) in [5.41, 5.74) is 3.47. The zero-order chi connectivity index (χ0) is 19.3. The molecule has 6 nitrogen and oxygen atoms in total. The fraction of sp³-hybridized carbons (Fsp3) is 0.409. The van der Waals surface area contributed by atoms with Gasteiger partial charge in [-0.15, -0.1) is 0 Å². The van der Waals surface area contributed by atoms with Gasteiger partial charge in [-0.25, -0.2) is 4.79 Å². The van der Waals surface area contributed by atoms with Gasteiger partial charge in [0, 0.05) is 24.3 Å². The third-order valence-electron chi connectivity index (χ3n) is 5.41. The number of carboxylic acid groups (broad SMARTS) is 1. The number of piperidine rings is 1. The molecule has 1 atom stereocenters. The number of fused-ring (bicyclic) bond motifs is 2. The van der Waals surface area contributed by atoms with Gasteiger partial charge in [0.15, 0.2) is 0 Å². The van der Waals surface area contributed by atoms with Crippen molar-refractivity contribution in [3.8, 4) is 5.75 Å². The Bertz CT molecular complexity index is 778. The molecule has 1 saturated heterocycles. The lowest BCUT2D eigenvalue weighted by molar-refractivity contribution is 0.0135. The van der Waals surface area contributed by atoms with Crippen molar-refractivity contribution >= 4 is 17.5 Å². The molecule has 4 rings (SSSR count). The average molecular weight is 382 g/mol. The summed E-state index contributed by atoms with van der Waals surface area (Å²) in [6.07, 6.45) is 1.38. The Morgan fingerprint density at radius 2 is 1.89 bits per heavy atom. The van der Waals surface area contributed by atoms with Crippen LogP contribution in [0.3, 0.4) is 0 Å². The number of nitrogens with zero attached hydrogens (tertiary/aromatic N) is 2. The highest BCUT2D eigenvalue weighted by Gasteiger charge is 2.24. The van der Waals surface area contributed by atoms with Gasteiger partial charge in [-0.3, -0.25) is 4.90 Å². The van der Waals surface area contributed by atoms with Gasteiger partial charge in [0.05, 0.1) is 5.69 Å². The van der Waals surface area contributed by atoms with Gasteiger partial charge in [0.25, 0.3) is 0 Å². The maximum Gasteiger partial charge on any atom is 0.506 e. The first-order valence-electron chi connectivity index (χ1n) is 9.90. The third-order valence-corrected chi connectivity index (χ3v) is 5.41. The molecule has 2 aromatic carbocycles. The molecular formula is C22H26N2O4. The van der Waals surface area contributed by atoms with Crippen LogP contribution in [0.1, 0.15) is 24.8 Å². The minimum atomic E-state index is -1.18. The van der Waals surface area contributed by atoms with Crippen LogP contribution >= 0.6 is 0 Å². The van der Waals surface area contributed by atoms with E-state index in [1.807, 2.05) is 24.3 Å². The lowest BCUT2D eigenvalue weighted by Crippen LogP contribution is -2.41. The molecule has 0 unspecified atom stereocenters. The van der Waals surface area contributed by atoms with Crippen LogP contribution in [-0.2, 0) is 11.3 Å². The molecule has 1 N–H and O–H groups in total. The standard InChI is InChI=1S/C22H26N2O4/c25-22(26)28-18-8-5-12-23(15-18)13-6-14-24-19-9-2-1-7-17(19)16-27-21-11-4-3-10-20(21)24/h1-4,7,9-11,18H,5-6,8,12-16H2,(H,25,26)/t18-/m1/s1. The van der Waals surface area contributed by atoms with E-state index >= 15 is 0 Å². The molecular weight excluding hydrogens is 356 g/mol. The highest BCUT2D eigenvalue weighted by Crippen LogP contribution is 2.39. The third kappa shape index (κ3) is 4.22. The van der Waals surface area contributed by atoms with Gasteiger partial charge < -0.3 is 19.5 Å². The number of hydrogen-bond acceptors (Lipinski definition) is 5. The molecule has 148 valence electrons. The summed E-state index contributed by atoms with van der Waals surface area (Å²) in [6.45, 7) is 4.04. The van der Waals surface area contributed by atoms with Gasteiger partial charge in [0.2, 0.25) is 0 Å². The van der Waals surface area contributed by atoms with E-state index in [2.05, 4.69) is 34.1 Å². The fourth-order valence-corrected chi connectivity index (χ4v) is 4.13.